The summed E-state index contributed by atoms with van der Waals surface area (Å²) >= 11 is 0. The molecule has 0 fully saturated rings. The third-order valence-electron chi connectivity index (χ3n) is 3.73. The number of carbonyl (C=O) groups excluding carboxylic acids is 1. The molecule has 0 aliphatic heterocycles. The minimum Gasteiger partial charge on any atom is -0.457 e. The van der Waals surface area contributed by atoms with Crippen LogP contribution in [0, 0.1) is 19.7 Å². The molecule has 0 saturated heterocycles. The van der Waals surface area contributed by atoms with Gasteiger partial charge < -0.3 is 14.2 Å². The van der Waals surface area contributed by atoms with Crippen molar-refractivity contribution in [1.29, 1.82) is 0 Å². The lowest BCUT2D eigenvalue weighted by molar-refractivity contribution is -0.147. The van der Waals surface area contributed by atoms with E-state index in [1.54, 1.807) is 37.8 Å². The Balaban J connectivity index is 2.16. The van der Waals surface area contributed by atoms with Crippen LogP contribution in [0.3, 0.4) is 0 Å². The fourth-order valence-corrected chi connectivity index (χ4v) is 2.51. The van der Waals surface area contributed by atoms with Gasteiger partial charge in [-0.1, -0.05) is 11.2 Å². The minimum absolute atomic E-state index is 0.0528. The largest absolute Gasteiger partial charge is 0.457 e. The Morgan fingerprint density at radius 1 is 1.39 bits per heavy atom. The smallest absolute Gasteiger partial charge is 0.311 e. The number of esters is 1. The van der Waals surface area contributed by atoms with E-state index in [0.29, 0.717) is 28.3 Å². The molecule has 0 spiro atoms. The van der Waals surface area contributed by atoms with Gasteiger partial charge in [0.1, 0.15) is 17.7 Å². The number of ether oxygens (including phenoxy) is 1. The van der Waals surface area contributed by atoms with Gasteiger partial charge in [-0.3, -0.25) is 4.79 Å². The standard InChI is InChI=1S/C17H21FN2O3/c1-10-13(11(2)23-19-10)9-16(21)22-12(3)17-14(18)7-6-8-15(17)20(4)5/h6-8,12H,9H2,1-5H3/t12-/m1/s1. The average Bonchev–Trinajstić information content (AvgIpc) is 2.78. The van der Waals surface area contributed by atoms with Crippen LogP contribution in [0.15, 0.2) is 22.7 Å². The number of halogens is 1. The number of hydrogen-bond donors (Lipinski definition) is 0. The van der Waals surface area contributed by atoms with Gasteiger partial charge >= 0.3 is 5.97 Å². The van der Waals surface area contributed by atoms with Crippen molar-refractivity contribution >= 4 is 11.7 Å². The first-order valence-electron chi connectivity index (χ1n) is 7.38. The zero-order valence-electron chi connectivity index (χ0n) is 14.0. The molecule has 0 N–H and O–H groups in total. The molecule has 5 nitrogen and oxygen atoms in total. The van der Waals surface area contributed by atoms with Crippen LogP contribution in [0.5, 0.6) is 0 Å². The number of carbonyl (C=O) groups is 1. The second-order valence-electron chi connectivity index (χ2n) is 5.68. The van der Waals surface area contributed by atoms with E-state index in [9.17, 15) is 9.18 Å². The van der Waals surface area contributed by atoms with Crippen LogP contribution in [0.1, 0.15) is 35.6 Å². The first-order chi connectivity index (χ1) is 10.8. The van der Waals surface area contributed by atoms with Crippen LogP contribution in [0.2, 0.25) is 0 Å². The van der Waals surface area contributed by atoms with Crippen molar-refractivity contribution in [2.75, 3.05) is 19.0 Å². The van der Waals surface area contributed by atoms with E-state index < -0.39 is 17.9 Å². The van der Waals surface area contributed by atoms with Crippen LogP contribution >= 0.6 is 0 Å². The molecule has 1 aromatic carbocycles. The van der Waals surface area contributed by atoms with Crippen LogP contribution < -0.4 is 4.90 Å². The normalized spacial score (nSPS) is 12.1. The molecule has 2 rings (SSSR count). The second kappa shape index (κ2) is 6.81. The van der Waals surface area contributed by atoms with Crippen LogP contribution in [-0.4, -0.2) is 25.2 Å². The van der Waals surface area contributed by atoms with Crippen LogP contribution in [0.4, 0.5) is 10.1 Å². The van der Waals surface area contributed by atoms with Crippen LogP contribution in [-0.2, 0) is 16.0 Å². The first-order valence-corrected chi connectivity index (χ1v) is 7.38. The van der Waals surface area contributed by atoms with Crippen molar-refractivity contribution in [2.24, 2.45) is 0 Å². The van der Waals surface area contributed by atoms with E-state index in [4.69, 9.17) is 9.26 Å². The maximum Gasteiger partial charge on any atom is 0.311 e. The summed E-state index contributed by atoms with van der Waals surface area (Å²) in [6.07, 6.45) is -0.640. The third kappa shape index (κ3) is 3.70. The van der Waals surface area contributed by atoms with Gasteiger partial charge in [-0.25, -0.2) is 4.39 Å². The van der Waals surface area contributed by atoms with Crippen molar-refractivity contribution in [1.82, 2.24) is 5.16 Å². The van der Waals surface area contributed by atoms with E-state index in [1.807, 2.05) is 14.1 Å². The fraction of sp³-hybridized carbons (Fsp3) is 0.412. The van der Waals surface area contributed by atoms with Crippen molar-refractivity contribution in [2.45, 2.75) is 33.3 Å². The van der Waals surface area contributed by atoms with E-state index in [2.05, 4.69) is 5.16 Å². The summed E-state index contributed by atoms with van der Waals surface area (Å²) in [6.45, 7) is 5.17. The number of aryl methyl sites for hydroxylation is 2. The van der Waals surface area contributed by atoms with Crippen molar-refractivity contribution < 1.29 is 18.4 Å². The molecule has 0 amide bonds. The minimum atomic E-state index is -0.693. The fourth-order valence-electron chi connectivity index (χ4n) is 2.51. The maximum atomic E-state index is 14.2. The number of rotatable bonds is 5. The number of benzene rings is 1. The Bertz CT molecular complexity index is 690. The molecule has 0 aliphatic carbocycles. The molecule has 0 aliphatic rings. The SMILES string of the molecule is Cc1noc(C)c1CC(=O)O[C@H](C)c1c(F)cccc1N(C)C. The Morgan fingerprint density at radius 2 is 2.09 bits per heavy atom. The van der Waals surface area contributed by atoms with Gasteiger partial charge in [0.05, 0.1) is 17.7 Å². The molecular formula is C17H21FN2O3. The highest BCUT2D eigenvalue weighted by Crippen LogP contribution is 2.30. The maximum absolute atomic E-state index is 14.2. The van der Waals surface area contributed by atoms with E-state index in [1.165, 1.54) is 6.07 Å². The monoisotopic (exact) mass is 320 g/mol. The number of nitrogens with zero attached hydrogens (tertiary/aromatic N) is 2. The Hall–Kier alpha value is -2.37. The molecular weight excluding hydrogens is 299 g/mol. The second-order valence-corrected chi connectivity index (χ2v) is 5.68. The van der Waals surface area contributed by atoms with E-state index in [0.717, 1.165) is 0 Å². The quantitative estimate of drug-likeness (QED) is 0.791. The number of aromatic nitrogens is 1. The van der Waals surface area contributed by atoms with Crippen molar-refractivity contribution in [3.63, 3.8) is 0 Å². The molecule has 124 valence electrons. The molecule has 1 atom stereocenters. The van der Waals surface area contributed by atoms with Gasteiger partial charge in [-0.15, -0.1) is 0 Å². The summed E-state index contributed by atoms with van der Waals surface area (Å²) in [5.41, 5.74) is 2.42. The highest BCUT2D eigenvalue weighted by atomic mass is 19.1. The summed E-state index contributed by atoms with van der Waals surface area (Å²) in [4.78, 5) is 14.0. The molecule has 1 aromatic heterocycles. The van der Waals surface area contributed by atoms with Crippen molar-refractivity contribution in [3.8, 4) is 0 Å². The molecule has 0 radical (unpaired) electrons. The van der Waals surface area contributed by atoms with Gasteiger partial charge in [0.15, 0.2) is 0 Å². The Labute approximate surface area is 135 Å². The summed E-state index contributed by atoms with van der Waals surface area (Å²) in [6, 6.07) is 4.78. The lowest BCUT2D eigenvalue weighted by Gasteiger charge is -2.22. The number of hydrogen-bond acceptors (Lipinski definition) is 5. The topological polar surface area (TPSA) is 55.6 Å². The van der Waals surface area contributed by atoms with Crippen molar-refractivity contribution in [3.05, 3.63) is 46.6 Å². The number of anilines is 1. The molecule has 0 saturated carbocycles. The third-order valence-corrected chi connectivity index (χ3v) is 3.73. The van der Waals surface area contributed by atoms with Crippen LogP contribution in [0.25, 0.3) is 0 Å². The Kier molecular flexibility index (Phi) is 5.03. The summed E-state index contributed by atoms with van der Waals surface area (Å²) in [5.74, 6) is -0.249. The average molecular weight is 320 g/mol. The summed E-state index contributed by atoms with van der Waals surface area (Å²) in [5, 5.41) is 3.81. The lowest BCUT2D eigenvalue weighted by atomic mass is 10.1. The predicted molar refractivity (Wildman–Crippen MR) is 84.9 cm³/mol. The van der Waals surface area contributed by atoms with Gasteiger partial charge in [0, 0.05) is 25.3 Å². The molecule has 2 aromatic rings. The molecule has 6 heteroatoms. The predicted octanol–water partition coefficient (Wildman–Crippen LogP) is 3.34. The molecule has 0 bridgehead atoms. The summed E-state index contributed by atoms with van der Waals surface area (Å²) in [7, 11) is 3.63. The van der Waals surface area contributed by atoms with E-state index >= 15 is 0 Å². The Morgan fingerprint density at radius 3 is 2.65 bits per heavy atom. The summed E-state index contributed by atoms with van der Waals surface area (Å²) < 4.78 is 24.6. The zero-order chi connectivity index (χ0) is 17.1. The first kappa shape index (κ1) is 17.0. The molecule has 23 heavy (non-hydrogen) atoms. The van der Waals surface area contributed by atoms with Gasteiger partial charge in [0.2, 0.25) is 0 Å². The highest BCUT2D eigenvalue weighted by Gasteiger charge is 2.22. The molecule has 1 heterocycles. The zero-order valence-corrected chi connectivity index (χ0v) is 14.0. The lowest BCUT2D eigenvalue weighted by Crippen LogP contribution is -2.17. The van der Waals surface area contributed by atoms with Gasteiger partial charge in [0.25, 0.3) is 0 Å². The van der Waals surface area contributed by atoms with Gasteiger partial charge in [-0.05, 0) is 32.9 Å². The highest BCUT2D eigenvalue weighted by molar-refractivity contribution is 5.73. The van der Waals surface area contributed by atoms with Gasteiger partial charge in [-0.2, -0.15) is 0 Å². The molecule has 0 unspecified atom stereocenters. The van der Waals surface area contributed by atoms with E-state index in [-0.39, 0.29) is 6.42 Å².